The number of nitrogens with zero attached hydrogens (tertiary/aromatic N) is 3. The summed E-state index contributed by atoms with van der Waals surface area (Å²) in [5, 5.41) is 2.60. The van der Waals surface area contributed by atoms with Gasteiger partial charge in [0.2, 0.25) is 11.8 Å². The number of rotatable bonds is 6. The van der Waals surface area contributed by atoms with E-state index in [0.29, 0.717) is 37.6 Å². The molecule has 0 atom stereocenters. The van der Waals surface area contributed by atoms with Crippen molar-refractivity contribution < 1.29 is 14.4 Å². The van der Waals surface area contributed by atoms with E-state index in [-0.39, 0.29) is 30.7 Å². The van der Waals surface area contributed by atoms with Crippen molar-refractivity contribution >= 4 is 29.1 Å². The Labute approximate surface area is 180 Å². The third-order valence-corrected chi connectivity index (χ3v) is 5.98. The van der Waals surface area contributed by atoms with Crippen LogP contribution in [-0.4, -0.2) is 65.2 Å². The first-order valence-corrected chi connectivity index (χ1v) is 10.8. The Morgan fingerprint density at radius 2 is 1.70 bits per heavy atom. The van der Waals surface area contributed by atoms with Crippen molar-refractivity contribution in [1.82, 2.24) is 25.6 Å². The number of nitrogens with one attached hydrogen (secondary N) is 2. The van der Waals surface area contributed by atoms with Gasteiger partial charge in [0, 0.05) is 37.3 Å². The average molecular weight is 430 g/mol. The molecule has 9 heteroatoms. The number of hydrazine groups is 1. The number of hydrogen-bond donors (Lipinski definition) is 2. The zero-order valence-electron chi connectivity index (χ0n) is 17.3. The molecule has 0 spiro atoms. The summed E-state index contributed by atoms with van der Waals surface area (Å²) >= 11 is 1.42. The van der Waals surface area contributed by atoms with Crippen molar-refractivity contribution in [3.8, 4) is 0 Å². The van der Waals surface area contributed by atoms with E-state index in [1.54, 1.807) is 0 Å². The lowest BCUT2D eigenvalue weighted by atomic mass is 10.1. The zero-order chi connectivity index (χ0) is 21.5. The number of aromatic nitrogens is 1. The molecule has 8 nitrogen and oxygen atoms in total. The Morgan fingerprint density at radius 3 is 2.37 bits per heavy atom. The first-order chi connectivity index (χ1) is 14.4. The molecule has 0 radical (unpaired) electrons. The van der Waals surface area contributed by atoms with Gasteiger partial charge in [-0.15, -0.1) is 11.3 Å². The molecule has 1 aliphatic heterocycles. The van der Waals surface area contributed by atoms with Crippen LogP contribution in [-0.2, 0) is 27.2 Å². The van der Waals surface area contributed by atoms with Crippen molar-refractivity contribution in [2.24, 2.45) is 0 Å². The maximum absolute atomic E-state index is 12.6. The number of benzene rings is 1. The number of carbonyl (C=O) groups is 3. The molecule has 160 valence electrons. The van der Waals surface area contributed by atoms with Crippen LogP contribution in [0.25, 0.3) is 0 Å². The molecule has 2 N–H and O–H groups in total. The lowest BCUT2D eigenvalue weighted by molar-refractivity contribution is -0.133. The van der Waals surface area contributed by atoms with Gasteiger partial charge in [-0.25, -0.2) is 4.98 Å². The molecule has 2 aromatic rings. The van der Waals surface area contributed by atoms with E-state index < -0.39 is 0 Å². The Bertz CT molecular complexity index is 906. The van der Waals surface area contributed by atoms with Crippen molar-refractivity contribution in [1.29, 1.82) is 0 Å². The van der Waals surface area contributed by atoms with Crippen LogP contribution in [0.5, 0.6) is 0 Å². The molecule has 0 saturated carbocycles. The lowest BCUT2D eigenvalue weighted by Crippen LogP contribution is -2.53. The van der Waals surface area contributed by atoms with Crippen LogP contribution >= 0.6 is 11.3 Å². The Hall–Kier alpha value is -2.78. The molecule has 1 fully saturated rings. The van der Waals surface area contributed by atoms with Crippen molar-refractivity contribution in [3.05, 3.63) is 51.5 Å². The number of aryl methyl sites for hydroxylation is 2. The molecule has 3 amide bonds. The summed E-state index contributed by atoms with van der Waals surface area (Å²) in [6, 6.07) is 7.91. The Kier molecular flexibility index (Phi) is 7.53. The number of thiazole rings is 1. The fourth-order valence-electron chi connectivity index (χ4n) is 3.29. The van der Waals surface area contributed by atoms with E-state index in [4.69, 9.17) is 0 Å². The minimum absolute atomic E-state index is 0.109. The molecule has 1 aromatic heterocycles. The highest BCUT2D eigenvalue weighted by Gasteiger charge is 2.23. The van der Waals surface area contributed by atoms with E-state index in [1.165, 1.54) is 11.3 Å². The fourth-order valence-corrected chi connectivity index (χ4v) is 4.06. The Balaban J connectivity index is 1.35. The van der Waals surface area contributed by atoms with Gasteiger partial charge in [0.25, 0.3) is 5.91 Å². The highest BCUT2D eigenvalue weighted by molar-refractivity contribution is 7.09. The standard InChI is InChI=1S/C21H27N5O3S/c1-15-5-3-4-6-17(15)11-21(29)26-9-7-25(8-10-26)13-19(28)24-23-18(27)12-20-22-16(2)14-30-20/h3-6,14H,7-13H2,1-2H3,(H,23,27)(H,24,28). The second-order valence-corrected chi connectivity index (χ2v) is 8.36. The molecule has 1 saturated heterocycles. The number of piperazine rings is 1. The molecule has 0 aliphatic carbocycles. The molecule has 3 rings (SSSR count). The van der Waals surface area contributed by atoms with Crippen LogP contribution in [0.1, 0.15) is 21.8 Å². The molecular weight excluding hydrogens is 402 g/mol. The second-order valence-electron chi connectivity index (χ2n) is 7.42. The number of carbonyl (C=O) groups excluding carboxylic acids is 3. The van der Waals surface area contributed by atoms with Gasteiger partial charge in [-0.2, -0.15) is 0 Å². The summed E-state index contributed by atoms with van der Waals surface area (Å²) in [6.07, 6.45) is 0.540. The van der Waals surface area contributed by atoms with E-state index in [1.807, 2.05) is 53.3 Å². The van der Waals surface area contributed by atoms with Crippen molar-refractivity contribution in [2.45, 2.75) is 26.7 Å². The molecule has 0 unspecified atom stereocenters. The van der Waals surface area contributed by atoms with Gasteiger partial charge >= 0.3 is 0 Å². The van der Waals surface area contributed by atoms with Crippen LogP contribution in [0.3, 0.4) is 0 Å². The van der Waals surface area contributed by atoms with Gasteiger partial charge in [-0.1, -0.05) is 24.3 Å². The van der Waals surface area contributed by atoms with Crippen LogP contribution in [0, 0.1) is 13.8 Å². The van der Waals surface area contributed by atoms with Crippen LogP contribution in [0.15, 0.2) is 29.6 Å². The summed E-state index contributed by atoms with van der Waals surface area (Å²) < 4.78 is 0. The summed E-state index contributed by atoms with van der Waals surface area (Å²) in [7, 11) is 0. The first kappa shape index (κ1) is 21.9. The normalized spacial score (nSPS) is 14.4. The number of amides is 3. The van der Waals surface area contributed by atoms with Gasteiger partial charge < -0.3 is 4.90 Å². The predicted octanol–water partition coefficient (Wildman–Crippen LogP) is 0.837. The van der Waals surface area contributed by atoms with E-state index >= 15 is 0 Å². The smallest absolute Gasteiger partial charge is 0.252 e. The van der Waals surface area contributed by atoms with Gasteiger partial charge in [-0.3, -0.25) is 30.1 Å². The summed E-state index contributed by atoms with van der Waals surface area (Å²) in [6.45, 7) is 6.49. The first-order valence-electron chi connectivity index (χ1n) is 9.94. The quantitative estimate of drug-likeness (QED) is 0.664. The maximum Gasteiger partial charge on any atom is 0.252 e. The SMILES string of the molecule is Cc1csc(CC(=O)NNC(=O)CN2CCN(C(=O)Cc3ccccc3C)CC2)n1. The van der Waals surface area contributed by atoms with Crippen LogP contribution in [0.4, 0.5) is 0 Å². The highest BCUT2D eigenvalue weighted by Crippen LogP contribution is 2.11. The van der Waals surface area contributed by atoms with Crippen LogP contribution in [0.2, 0.25) is 0 Å². The third-order valence-electron chi connectivity index (χ3n) is 5.01. The summed E-state index contributed by atoms with van der Waals surface area (Å²) in [5.41, 5.74) is 7.92. The van der Waals surface area contributed by atoms with E-state index in [2.05, 4.69) is 15.8 Å². The van der Waals surface area contributed by atoms with E-state index in [9.17, 15) is 14.4 Å². The monoisotopic (exact) mass is 429 g/mol. The van der Waals surface area contributed by atoms with E-state index in [0.717, 1.165) is 16.8 Å². The summed E-state index contributed by atoms with van der Waals surface area (Å²) in [5.74, 6) is -0.472. The average Bonchev–Trinajstić information content (AvgIpc) is 3.13. The molecule has 30 heavy (non-hydrogen) atoms. The molecular formula is C21H27N5O3S. The molecule has 2 heterocycles. The van der Waals surface area contributed by atoms with Crippen molar-refractivity contribution in [2.75, 3.05) is 32.7 Å². The summed E-state index contributed by atoms with van der Waals surface area (Å²) in [4.78, 5) is 44.6. The largest absolute Gasteiger partial charge is 0.340 e. The molecule has 0 bridgehead atoms. The Morgan fingerprint density at radius 1 is 1.00 bits per heavy atom. The van der Waals surface area contributed by atoms with Gasteiger partial charge in [0.1, 0.15) is 5.01 Å². The minimum Gasteiger partial charge on any atom is -0.340 e. The zero-order valence-corrected chi connectivity index (χ0v) is 18.1. The van der Waals surface area contributed by atoms with Gasteiger partial charge in [-0.05, 0) is 25.0 Å². The van der Waals surface area contributed by atoms with Gasteiger partial charge in [0.05, 0.1) is 19.4 Å². The predicted molar refractivity (Wildman–Crippen MR) is 115 cm³/mol. The lowest BCUT2D eigenvalue weighted by Gasteiger charge is -2.34. The second kappa shape index (κ2) is 10.3. The van der Waals surface area contributed by atoms with Crippen LogP contribution < -0.4 is 10.9 Å². The molecule has 1 aliphatic rings. The fraction of sp³-hybridized carbons (Fsp3) is 0.429. The minimum atomic E-state index is -0.302. The third kappa shape index (κ3) is 6.36. The maximum atomic E-state index is 12.6. The highest BCUT2D eigenvalue weighted by atomic mass is 32.1. The van der Waals surface area contributed by atoms with Crippen molar-refractivity contribution in [3.63, 3.8) is 0 Å². The van der Waals surface area contributed by atoms with Gasteiger partial charge in [0.15, 0.2) is 0 Å². The topological polar surface area (TPSA) is 94.6 Å². The number of hydrogen-bond acceptors (Lipinski definition) is 6. The molecule has 1 aromatic carbocycles.